The highest BCUT2D eigenvalue weighted by molar-refractivity contribution is 14.0. The summed E-state index contributed by atoms with van der Waals surface area (Å²) in [6.45, 7) is 7.92. The van der Waals surface area contributed by atoms with Crippen LogP contribution in [-0.2, 0) is 26.4 Å². The molecule has 0 amide bonds. The second-order valence-electron chi connectivity index (χ2n) is 6.58. The summed E-state index contributed by atoms with van der Waals surface area (Å²) >= 11 is 1.73. The lowest BCUT2D eigenvalue weighted by atomic mass is 10.0. The molecule has 0 spiro atoms. The molecule has 6 nitrogen and oxygen atoms in total. The van der Waals surface area contributed by atoms with Crippen LogP contribution in [0.4, 0.5) is 0 Å². The number of likely N-dealkylation sites (tertiary alicyclic amines) is 1. The third-order valence-electron chi connectivity index (χ3n) is 4.50. The fourth-order valence-electron chi connectivity index (χ4n) is 3.27. The highest BCUT2D eigenvalue weighted by Crippen LogP contribution is 2.21. The van der Waals surface area contributed by atoms with Crippen LogP contribution in [0.3, 0.4) is 0 Å². The van der Waals surface area contributed by atoms with Gasteiger partial charge in [0.1, 0.15) is 0 Å². The van der Waals surface area contributed by atoms with E-state index in [-0.39, 0.29) is 24.0 Å². The number of rotatable bonds is 6. The van der Waals surface area contributed by atoms with Crippen molar-refractivity contribution in [3.8, 4) is 0 Å². The Bertz CT molecular complexity index is 710. The van der Waals surface area contributed by atoms with Crippen LogP contribution in [0.1, 0.15) is 36.5 Å². The summed E-state index contributed by atoms with van der Waals surface area (Å²) in [7, 11) is 1.98. The average Bonchev–Trinajstić information content (AvgIpc) is 3.33. The van der Waals surface area contributed by atoms with Crippen LogP contribution in [0, 0.1) is 5.92 Å². The minimum Gasteiger partial charge on any atom is -0.357 e. The molecule has 0 aromatic carbocycles. The SMILES string of the molecule is CCNC(=NCc1csc(CC)n1)N1CCC(Cc2cnn(C)c2)C1.I. The van der Waals surface area contributed by atoms with Gasteiger partial charge in [0.05, 0.1) is 23.4 Å². The van der Waals surface area contributed by atoms with Crippen LogP contribution in [-0.4, -0.2) is 45.3 Å². The summed E-state index contributed by atoms with van der Waals surface area (Å²) in [4.78, 5) is 11.8. The largest absolute Gasteiger partial charge is 0.357 e. The summed E-state index contributed by atoms with van der Waals surface area (Å²) in [5, 5.41) is 11.0. The van der Waals surface area contributed by atoms with Crippen molar-refractivity contribution in [1.82, 2.24) is 25.0 Å². The first-order chi connectivity index (χ1) is 12.2. The normalized spacial score (nSPS) is 17.4. The summed E-state index contributed by atoms with van der Waals surface area (Å²) in [5.74, 6) is 1.68. The first-order valence-electron chi connectivity index (χ1n) is 9.12. The molecule has 0 saturated carbocycles. The quantitative estimate of drug-likeness (QED) is 0.386. The number of aromatic nitrogens is 3. The van der Waals surface area contributed by atoms with E-state index in [9.17, 15) is 0 Å². The maximum absolute atomic E-state index is 4.82. The Morgan fingerprint density at radius 2 is 2.27 bits per heavy atom. The van der Waals surface area contributed by atoms with Gasteiger partial charge in [0, 0.05) is 38.3 Å². The van der Waals surface area contributed by atoms with Gasteiger partial charge in [-0.05, 0) is 37.7 Å². The lowest BCUT2D eigenvalue weighted by molar-refractivity contribution is 0.459. The number of nitrogens with one attached hydrogen (secondary N) is 1. The molecule has 0 radical (unpaired) electrons. The van der Waals surface area contributed by atoms with E-state index >= 15 is 0 Å². The van der Waals surface area contributed by atoms with E-state index in [2.05, 4.69) is 45.7 Å². The first-order valence-corrected chi connectivity index (χ1v) is 10.00. The Balaban J connectivity index is 0.00000243. The molecule has 3 rings (SSSR count). The van der Waals surface area contributed by atoms with Crippen molar-refractivity contribution in [3.05, 3.63) is 34.0 Å². The maximum Gasteiger partial charge on any atom is 0.194 e. The molecule has 8 heteroatoms. The number of hydrogen-bond donors (Lipinski definition) is 1. The molecule has 1 fully saturated rings. The Kier molecular flexibility index (Phi) is 8.33. The molecule has 1 unspecified atom stereocenters. The predicted octanol–water partition coefficient (Wildman–Crippen LogP) is 3.09. The summed E-state index contributed by atoms with van der Waals surface area (Å²) in [6, 6.07) is 0. The lowest BCUT2D eigenvalue weighted by Gasteiger charge is -2.21. The van der Waals surface area contributed by atoms with Gasteiger partial charge in [-0.2, -0.15) is 5.10 Å². The zero-order valence-corrected chi connectivity index (χ0v) is 19.0. The number of nitrogens with zero attached hydrogens (tertiary/aromatic N) is 5. The van der Waals surface area contributed by atoms with E-state index in [0.29, 0.717) is 12.5 Å². The fourth-order valence-corrected chi connectivity index (χ4v) is 4.00. The van der Waals surface area contributed by atoms with Gasteiger partial charge in [0.2, 0.25) is 0 Å². The van der Waals surface area contributed by atoms with Crippen LogP contribution >= 0.6 is 35.3 Å². The number of guanidine groups is 1. The Morgan fingerprint density at radius 1 is 1.42 bits per heavy atom. The van der Waals surface area contributed by atoms with Crippen molar-refractivity contribution in [3.63, 3.8) is 0 Å². The molecule has 2 aromatic heterocycles. The molecule has 1 aliphatic rings. The highest BCUT2D eigenvalue weighted by Gasteiger charge is 2.25. The van der Waals surface area contributed by atoms with Gasteiger partial charge in [0.15, 0.2) is 5.96 Å². The van der Waals surface area contributed by atoms with E-state index in [0.717, 1.165) is 44.1 Å². The van der Waals surface area contributed by atoms with Crippen LogP contribution in [0.5, 0.6) is 0 Å². The van der Waals surface area contributed by atoms with Gasteiger partial charge in [-0.1, -0.05) is 6.92 Å². The molecule has 0 bridgehead atoms. The molecule has 2 aromatic rings. The van der Waals surface area contributed by atoms with E-state index in [1.807, 2.05) is 17.9 Å². The number of aliphatic imine (C=N–C) groups is 1. The topological polar surface area (TPSA) is 58.3 Å². The van der Waals surface area contributed by atoms with Crippen molar-refractivity contribution >= 4 is 41.3 Å². The minimum absolute atomic E-state index is 0. The van der Waals surface area contributed by atoms with Gasteiger partial charge in [-0.3, -0.25) is 4.68 Å². The first kappa shape index (κ1) is 21.1. The molecule has 144 valence electrons. The standard InChI is InChI=1S/C18H28N6S.HI/c1-4-17-22-16(13-25-17)10-20-18(19-5-2)24-7-6-14(12-24)8-15-9-21-23(3)11-15;/h9,11,13-14H,4-8,10,12H2,1-3H3,(H,19,20);1H. The van der Waals surface area contributed by atoms with Crippen molar-refractivity contribution in [2.75, 3.05) is 19.6 Å². The Hall–Kier alpha value is -1.16. The van der Waals surface area contributed by atoms with E-state index in [1.165, 1.54) is 17.0 Å². The van der Waals surface area contributed by atoms with Crippen molar-refractivity contribution in [1.29, 1.82) is 0 Å². The molecule has 1 N–H and O–H groups in total. The number of hydrogen-bond acceptors (Lipinski definition) is 4. The lowest BCUT2D eigenvalue weighted by Crippen LogP contribution is -2.40. The predicted molar refractivity (Wildman–Crippen MR) is 118 cm³/mol. The zero-order valence-electron chi connectivity index (χ0n) is 15.8. The molecular weight excluding hydrogens is 459 g/mol. The third kappa shape index (κ3) is 5.67. The average molecular weight is 488 g/mol. The molecule has 1 aliphatic heterocycles. The second kappa shape index (κ2) is 10.2. The molecule has 26 heavy (non-hydrogen) atoms. The monoisotopic (exact) mass is 488 g/mol. The smallest absolute Gasteiger partial charge is 0.194 e. The molecule has 1 atom stereocenters. The minimum atomic E-state index is 0. The molecular formula is C18H29IN6S. The second-order valence-corrected chi connectivity index (χ2v) is 7.53. The Labute approximate surface area is 177 Å². The van der Waals surface area contributed by atoms with Crippen LogP contribution in [0.15, 0.2) is 22.8 Å². The highest BCUT2D eigenvalue weighted by atomic mass is 127. The van der Waals surface area contributed by atoms with Gasteiger partial charge in [-0.15, -0.1) is 35.3 Å². The van der Waals surface area contributed by atoms with Crippen molar-refractivity contribution in [2.45, 2.75) is 39.7 Å². The number of thiazole rings is 1. The molecule has 3 heterocycles. The van der Waals surface area contributed by atoms with E-state index in [4.69, 9.17) is 4.99 Å². The molecule has 0 aliphatic carbocycles. The van der Waals surface area contributed by atoms with E-state index < -0.39 is 0 Å². The van der Waals surface area contributed by atoms with Gasteiger partial charge >= 0.3 is 0 Å². The summed E-state index contributed by atoms with van der Waals surface area (Å²) in [6.07, 6.45) is 7.40. The summed E-state index contributed by atoms with van der Waals surface area (Å²) in [5.41, 5.74) is 2.40. The number of halogens is 1. The van der Waals surface area contributed by atoms with Crippen molar-refractivity contribution < 1.29 is 0 Å². The van der Waals surface area contributed by atoms with Gasteiger partial charge in [0.25, 0.3) is 0 Å². The summed E-state index contributed by atoms with van der Waals surface area (Å²) < 4.78 is 1.88. The third-order valence-corrected chi connectivity index (χ3v) is 5.54. The van der Waals surface area contributed by atoms with Gasteiger partial charge < -0.3 is 10.2 Å². The molecule has 1 saturated heterocycles. The number of aryl methyl sites for hydroxylation is 2. The maximum atomic E-state index is 4.82. The zero-order chi connectivity index (χ0) is 17.6. The van der Waals surface area contributed by atoms with E-state index in [1.54, 1.807) is 11.3 Å². The van der Waals surface area contributed by atoms with Gasteiger partial charge in [-0.25, -0.2) is 9.98 Å². The Morgan fingerprint density at radius 3 is 2.92 bits per heavy atom. The van der Waals surface area contributed by atoms with Crippen molar-refractivity contribution in [2.24, 2.45) is 18.0 Å². The van der Waals surface area contributed by atoms with Crippen LogP contribution in [0.25, 0.3) is 0 Å². The van der Waals surface area contributed by atoms with Crippen LogP contribution in [0.2, 0.25) is 0 Å². The fraction of sp³-hybridized carbons (Fsp3) is 0.611. The van der Waals surface area contributed by atoms with Crippen LogP contribution < -0.4 is 5.32 Å².